The quantitative estimate of drug-likeness (QED) is 0.246. The van der Waals surface area contributed by atoms with Gasteiger partial charge in [-0.3, -0.25) is 0 Å². The van der Waals surface area contributed by atoms with Crippen LogP contribution in [0, 0.1) is 11.8 Å². The largest absolute Gasteiger partial charge is 0.0848 e. The van der Waals surface area contributed by atoms with Gasteiger partial charge < -0.3 is 0 Å². The Morgan fingerprint density at radius 1 is 0.500 bits per heavy atom. The van der Waals surface area contributed by atoms with Gasteiger partial charge in [0.2, 0.25) is 0 Å². The molecule has 0 radical (unpaired) electrons. The Labute approximate surface area is 259 Å². The summed E-state index contributed by atoms with van der Waals surface area (Å²) in [6.07, 6.45) is 11.8. The number of rotatable bonds is 6. The highest BCUT2D eigenvalue weighted by Gasteiger charge is 2.61. The molecule has 2 aliphatic carbocycles. The third-order valence-electron chi connectivity index (χ3n) is 13.3. The smallest absolute Gasteiger partial charge is 0.0737 e. The number of hydrogen-bond donors (Lipinski definition) is 0. The van der Waals surface area contributed by atoms with E-state index in [0.717, 1.165) is 17.0 Å². The van der Waals surface area contributed by atoms with Gasteiger partial charge in [0.05, 0.1) is 46.5 Å². The molecule has 8 heteroatoms. The van der Waals surface area contributed by atoms with Gasteiger partial charge in [-0.15, -0.1) is 0 Å². The van der Waals surface area contributed by atoms with Crippen LogP contribution in [0.5, 0.6) is 0 Å². The predicted octanol–water partition coefficient (Wildman–Crippen LogP) is 11.3. The molecule has 0 aromatic heterocycles. The predicted molar refractivity (Wildman–Crippen MR) is 210 cm³/mol. The van der Waals surface area contributed by atoms with Crippen LogP contribution in [0.3, 0.4) is 0 Å². The number of allylic oxidation sites excluding steroid dienone is 8. The molecule has 0 aromatic rings. The molecule has 0 nitrogen and oxygen atoms in total. The summed E-state index contributed by atoms with van der Waals surface area (Å²) in [5.41, 5.74) is 1.56. The van der Waals surface area contributed by atoms with Crippen molar-refractivity contribution in [1.82, 2.24) is 0 Å². The van der Waals surface area contributed by atoms with Crippen LogP contribution in [0.25, 0.3) is 0 Å². The van der Waals surface area contributed by atoms with Crippen molar-refractivity contribution in [2.45, 2.75) is 142 Å². The molecule has 0 unspecified atom stereocenters. The summed E-state index contributed by atoms with van der Waals surface area (Å²) in [6, 6.07) is 0. The van der Waals surface area contributed by atoms with Gasteiger partial charge in [0.25, 0.3) is 0 Å². The molecular formula is C32H68Si8. The summed E-state index contributed by atoms with van der Waals surface area (Å²) in [5, 5.41) is 8.01. The molecule has 1 aliphatic heterocycles. The fraction of sp³-hybridized carbons (Fsp3) is 0.750. The van der Waals surface area contributed by atoms with E-state index in [1.165, 1.54) is 0 Å². The lowest BCUT2D eigenvalue weighted by Gasteiger charge is -2.60. The maximum atomic E-state index is 3.09. The van der Waals surface area contributed by atoms with E-state index in [-0.39, 0.29) is 0 Å². The van der Waals surface area contributed by atoms with E-state index in [1.54, 1.807) is 0 Å². The first kappa shape index (κ1) is 35.2. The summed E-state index contributed by atoms with van der Waals surface area (Å²) in [6.45, 7) is 55.0. The molecule has 0 fully saturated rings. The van der Waals surface area contributed by atoms with Gasteiger partial charge in [0.15, 0.2) is 0 Å². The van der Waals surface area contributed by atoms with Crippen LogP contribution < -0.4 is 0 Å². The first-order valence-electron chi connectivity index (χ1n) is 16.3. The minimum atomic E-state index is -1.67. The average Bonchev–Trinajstić information content (AvgIpc) is 2.73. The summed E-state index contributed by atoms with van der Waals surface area (Å²) >= 11 is 0. The van der Waals surface area contributed by atoms with Crippen molar-refractivity contribution in [3.63, 3.8) is 0 Å². The molecule has 0 spiro atoms. The topological polar surface area (TPSA) is 0 Å². The third kappa shape index (κ3) is 5.42. The maximum absolute atomic E-state index is 3.09. The Morgan fingerprint density at radius 3 is 1.32 bits per heavy atom. The summed E-state index contributed by atoms with van der Waals surface area (Å²) in [5.74, 6) is 1.38. The van der Waals surface area contributed by atoms with E-state index in [2.05, 4.69) is 155 Å². The normalized spacial score (nSPS) is 29.5. The van der Waals surface area contributed by atoms with Crippen molar-refractivity contribution >= 4 is 61.7 Å². The average molecular weight is 678 g/mol. The Hall–Kier alpha value is 0.695. The summed E-state index contributed by atoms with van der Waals surface area (Å²) < 4.78 is 0. The highest BCUT2D eigenvalue weighted by molar-refractivity contribution is 7.47. The maximum Gasteiger partial charge on any atom is 0.0737 e. The van der Waals surface area contributed by atoms with Crippen molar-refractivity contribution in [3.05, 3.63) is 45.1 Å². The van der Waals surface area contributed by atoms with Crippen LogP contribution in [-0.4, -0.2) is 61.7 Å². The second kappa shape index (κ2) is 10.1. The lowest BCUT2D eigenvalue weighted by Crippen LogP contribution is -2.67. The number of fused-ring (bicyclic) bond motifs is 4. The highest BCUT2D eigenvalue weighted by atomic mass is 29.3. The third-order valence-corrected chi connectivity index (χ3v) is 72.5. The van der Waals surface area contributed by atoms with Crippen molar-refractivity contribution < 1.29 is 0 Å². The van der Waals surface area contributed by atoms with Gasteiger partial charge in [-0.2, -0.15) is 0 Å². The van der Waals surface area contributed by atoms with Crippen LogP contribution in [0.4, 0.5) is 0 Å². The van der Waals surface area contributed by atoms with Gasteiger partial charge in [0.1, 0.15) is 0 Å². The molecular weight excluding hydrogens is 609 g/mol. The van der Waals surface area contributed by atoms with Crippen molar-refractivity contribution in [2.75, 3.05) is 0 Å². The molecule has 3 aliphatic rings. The number of hydrogen-bond acceptors (Lipinski definition) is 0. The fourth-order valence-corrected chi connectivity index (χ4v) is 40.1. The van der Waals surface area contributed by atoms with Crippen LogP contribution in [0.15, 0.2) is 45.1 Å². The molecule has 4 bridgehead atoms. The zero-order valence-corrected chi connectivity index (χ0v) is 38.6. The van der Waals surface area contributed by atoms with E-state index < -0.39 is 61.7 Å². The van der Waals surface area contributed by atoms with E-state index in [9.17, 15) is 0 Å². The van der Waals surface area contributed by atoms with Crippen LogP contribution in [0.1, 0.15) is 0 Å². The minimum Gasteiger partial charge on any atom is -0.0848 e. The highest BCUT2D eigenvalue weighted by Crippen LogP contribution is 2.61. The summed E-state index contributed by atoms with van der Waals surface area (Å²) in [7, 11) is -12.2. The van der Waals surface area contributed by atoms with Crippen molar-refractivity contribution in [2.24, 2.45) is 11.8 Å². The molecule has 0 amide bonds. The van der Waals surface area contributed by atoms with E-state index >= 15 is 0 Å². The Kier molecular flexibility index (Phi) is 8.89. The molecule has 4 atom stereocenters. The lowest BCUT2D eigenvalue weighted by atomic mass is 9.82. The SMILES string of the molecule is C[Si](C)(C)[C@H]1C=C([Si](C)(C)[Si](C)(C)C)[C@@H]2C=C1[Si](C)(C)[Si](C)(C)C1=CC=C([Si](C)(C)[Si](C)(C)C)[C@@H]2[C@H]1[Si](C)(C)C. The first-order chi connectivity index (χ1) is 17.4. The lowest BCUT2D eigenvalue weighted by molar-refractivity contribution is 0.511. The van der Waals surface area contributed by atoms with Crippen molar-refractivity contribution in [1.29, 1.82) is 0 Å². The van der Waals surface area contributed by atoms with Crippen LogP contribution >= 0.6 is 0 Å². The zero-order valence-electron chi connectivity index (χ0n) is 30.6. The van der Waals surface area contributed by atoms with E-state index in [1.807, 2.05) is 20.8 Å². The van der Waals surface area contributed by atoms with Gasteiger partial charge in [-0.1, -0.05) is 176 Å². The fourth-order valence-electron chi connectivity index (χ4n) is 7.99. The first-order valence-corrected chi connectivity index (χ1v) is 45.5. The van der Waals surface area contributed by atoms with Gasteiger partial charge in [-0.25, -0.2) is 0 Å². The van der Waals surface area contributed by atoms with Crippen molar-refractivity contribution in [3.8, 4) is 0 Å². The standard InChI is InChI=1S/C32H68Si8/c1-33(2,3)29-24-28(38(15,16)36(10,11)12)25-23-30(29)40(19,20)39(17,18)27-22-21-26(37(13,14)35(7,8)9)31(25)32(27)34(4,5)6/h21-25,29,31-32H,1-20H3/t25-,29-,31+,32-/m0/s1. The molecule has 228 valence electrons. The molecule has 0 saturated carbocycles. The second-order valence-electron chi connectivity index (χ2n) is 20.2. The van der Waals surface area contributed by atoms with Gasteiger partial charge >= 0.3 is 0 Å². The van der Waals surface area contributed by atoms with E-state index in [4.69, 9.17) is 0 Å². The van der Waals surface area contributed by atoms with Gasteiger partial charge in [-0.05, 0) is 17.0 Å². The van der Waals surface area contributed by atoms with Crippen LogP contribution in [-0.2, 0) is 0 Å². The van der Waals surface area contributed by atoms with E-state index in [0.29, 0.717) is 5.92 Å². The molecule has 0 N–H and O–H groups in total. The minimum absolute atomic E-state index is 0.655. The monoisotopic (exact) mass is 676 g/mol. The molecule has 1 heterocycles. The molecule has 0 saturated heterocycles. The van der Waals surface area contributed by atoms with Gasteiger partial charge in [0, 0.05) is 21.1 Å². The molecule has 0 aromatic carbocycles. The Balaban J connectivity index is 2.59. The zero-order chi connectivity index (χ0) is 31.4. The summed E-state index contributed by atoms with van der Waals surface area (Å²) in [4.78, 5) is 0. The van der Waals surface area contributed by atoms with Crippen LogP contribution in [0.2, 0.25) is 142 Å². The Morgan fingerprint density at radius 2 is 0.925 bits per heavy atom. The molecule has 40 heavy (non-hydrogen) atoms. The molecule has 3 rings (SSSR count). The second-order valence-corrected chi connectivity index (χ2v) is 79.2. The Bertz CT molecular complexity index is 1150.